The molecule has 1 rings (SSSR count). The van der Waals surface area contributed by atoms with Gasteiger partial charge in [-0.3, -0.25) is 0 Å². The molecule has 1 aromatic rings. The van der Waals surface area contributed by atoms with Gasteiger partial charge in [0.25, 0.3) is 0 Å². The lowest BCUT2D eigenvalue weighted by molar-refractivity contribution is 0.710. The van der Waals surface area contributed by atoms with E-state index >= 15 is 0 Å². The maximum Gasteiger partial charge on any atom is 0.128 e. The van der Waals surface area contributed by atoms with Gasteiger partial charge in [0.2, 0.25) is 0 Å². The number of aromatic nitrogens is 1. The summed E-state index contributed by atoms with van der Waals surface area (Å²) in [5.74, 6) is 0.903. The van der Waals surface area contributed by atoms with E-state index in [0.717, 1.165) is 10.3 Å². The molecule has 1 unspecified atom stereocenters. The van der Waals surface area contributed by atoms with Crippen LogP contribution in [0.25, 0.3) is 0 Å². The molecule has 3 nitrogen and oxygen atoms in total. The van der Waals surface area contributed by atoms with Crippen LogP contribution in [0.2, 0.25) is 0 Å². The third kappa shape index (κ3) is 3.00. The Kier molecular flexibility index (Phi) is 3.90. The van der Waals surface area contributed by atoms with Gasteiger partial charge >= 0.3 is 0 Å². The van der Waals surface area contributed by atoms with E-state index in [-0.39, 0.29) is 5.92 Å². The number of hydrogen-bond donors (Lipinski definition) is 0. The molecule has 0 aromatic carbocycles. The van der Waals surface area contributed by atoms with E-state index in [4.69, 9.17) is 5.26 Å². The Morgan fingerprint density at radius 2 is 2.36 bits per heavy atom. The highest BCUT2D eigenvalue weighted by Gasteiger charge is 2.06. The molecule has 4 heteroatoms. The zero-order valence-electron chi connectivity index (χ0n) is 8.24. The van der Waals surface area contributed by atoms with E-state index in [1.165, 1.54) is 0 Å². The van der Waals surface area contributed by atoms with Gasteiger partial charge in [-0.05, 0) is 35.0 Å². The Morgan fingerprint density at radius 1 is 1.64 bits per heavy atom. The second-order valence-corrected chi connectivity index (χ2v) is 4.16. The number of anilines is 1. The molecule has 14 heavy (non-hydrogen) atoms. The van der Waals surface area contributed by atoms with E-state index in [9.17, 15) is 0 Å². The van der Waals surface area contributed by atoms with E-state index < -0.39 is 0 Å². The quantitative estimate of drug-likeness (QED) is 0.831. The van der Waals surface area contributed by atoms with Crippen LogP contribution in [-0.4, -0.2) is 18.6 Å². The Hall–Kier alpha value is -1.08. The lowest BCUT2D eigenvalue weighted by Crippen LogP contribution is -2.23. The molecular formula is C10H12BrN3. The monoisotopic (exact) mass is 253 g/mol. The van der Waals surface area contributed by atoms with Crippen molar-refractivity contribution in [3.63, 3.8) is 0 Å². The zero-order valence-corrected chi connectivity index (χ0v) is 9.82. The molecule has 0 fully saturated rings. The molecule has 0 saturated carbocycles. The number of pyridine rings is 1. The average Bonchev–Trinajstić information content (AvgIpc) is 2.18. The predicted molar refractivity (Wildman–Crippen MR) is 60.0 cm³/mol. The summed E-state index contributed by atoms with van der Waals surface area (Å²) in [6.45, 7) is 2.60. The van der Waals surface area contributed by atoms with Gasteiger partial charge in [-0.15, -0.1) is 0 Å². The minimum atomic E-state index is 0.0189. The Morgan fingerprint density at radius 3 is 2.86 bits per heavy atom. The number of rotatable bonds is 3. The lowest BCUT2D eigenvalue weighted by atomic mass is 10.2. The van der Waals surface area contributed by atoms with Gasteiger partial charge in [0, 0.05) is 24.3 Å². The summed E-state index contributed by atoms with van der Waals surface area (Å²) < 4.78 is 0.961. The molecule has 0 amide bonds. The maximum absolute atomic E-state index is 8.67. The van der Waals surface area contributed by atoms with Gasteiger partial charge in [-0.1, -0.05) is 0 Å². The zero-order chi connectivity index (χ0) is 10.6. The fourth-order valence-electron chi connectivity index (χ4n) is 1.14. The Bertz CT molecular complexity index is 328. The molecule has 1 atom stereocenters. The second-order valence-electron chi connectivity index (χ2n) is 3.25. The Balaban J connectivity index is 2.66. The highest BCUT2D eigenvalue weighted by atomic mass is 79.9. The van der Waals surface area contributed by atoms with Gasteiger partial charge in [0.05, 0.1) is 12.0 Å². The molecule has 0 spiro atoms. The third-order valence-electron chi connectivity index (χ3n) is 1.87. The lowest BCUT2D eigenvalue weighted by Gasteiger charge is -2.18. The van der Waals surface area contributed by atoms with Crippen LogP contribution in [0.4, 0.5) is 5.82 Å². The minimum Gasteiger partial charge on any atom is -0.358 e. The molecule has 0 aliphatic carbocycles. The first-order valence-corrected chi connectivity index (χ1v) is 5.15. The molecule has 0 aliphatic heterocycles. The number of hydrogen-bond acceptors (Lipinski definition) is 3. The molecule has 0 aliphatic rings. The van der Waals surface area contributed by atoms with Crippen LogP contribution >= 0.6 is 15.9 Å². The van der Waals surface area contributed by atoms with Crippen molar-refractivity contribution in [2.24, 2.45) is 5.92 Å². The normalized spacial score (nSPS) is 11.9. The number of nitriles is 1. The third-order valence-corrected chi connectivity index (χ3v) is 2.34. The van der Waals surface area contributed by atoms with Crippen molar-refractivity contribution in [1.82, 2.24) is 4.98 Å². The summed E-state index contributed by atoms with van der Waals surface area (Å²) >= 11 is 3.33. The van der Waals surface area contributed by atoms with Crippen LogP contribution in [-0.2, 0) is 0 Å². The van der Waals surface area contributed by atoms with Crippen LogP contribution in [0.15, 0.2) is 22.8 Å². The molecular weight excluding hydrogens is 242 g/mol. The number of halogens is 1. The predicted octanol–water partition coefficient (Wildman–Crippen LogP) is 2.44. The first-order valence-electron chi connectivity index (χ1n) is 4.36. The highest BCUT2D eigenvalue weighted by Crippen LogP contribution is 2.14. The number of nitrogens with zero attached hydrogens (tertiary/aromatic N) is 3. The van der Waals surface area contributed by atoms with Crippen LogP contribution in [0.3, 0.4) is 0 Å². The van der Waals surface area contributed by atoms with Gasteiger partial charge in [-0.25, -0.2) is 4.98 Å². The van der Waals surface area contributed by atoms with E-state index in [0.29, 0.717) is 6.54 Å². The minimum absolute atomic E-state index is 0.0189. The van der Waals surface area contributed by atoms with Gasteiger partial charge in [0.1, 0.15) is 5.82 Å². The molecule has 0 bridgehead atoms. The topological polar surface area (TPSA) is 39.9 Å². The molecule has 74 valence electrons. The van der Waals surface area contributed by atoms with Gasteiger partial charge in [-0.2, -0.15) is 5.26 Å². The fourth-order valence-corrected chi connectivity index (χ4v) is 1.37. The standard InChI is InChI=1S/C10H12BrN3/c1-8(5-12)7-14(2)10-4-3-9(11)6-13-10/h3-4,6,8H,7H2,1-2H3. The van der Waals surface area contributed by atoms with Crippen LogP contribution in [0.5, 0.6) is 0 Å². The van der Waals surface area contributed by atoms with Crippen molar-refractivity contribution in [3.8, 4) is 6.07 Å². The van der Waals surface area contributed by atoms with Crippen molar-refractivity contribution in [3.05, 3.63) is 22.8 Å². The van der Waals surface area contributed by atoms with E-state index in [2.05, 4.69) is 27.0 Å². The van der Waals surface area contributed by atoms with E-state index in [1.807, 2.05) is 31.0 Å². The highest BCUT2D eigenvalue weighted by molar-refractivity contribution is 9.10. The van der Waals surface area contributed by atoms with Crippen molar-refractivity contribution in [2.45, 2.75) is 6.92 Å². The van der Waals surface area contributed by atoms with Crippen molar-refractivity contribution in [2.75, 3.05) is 18.5 Å². The molecule has 0 radical (unpaired) electrons. The fraction of sp³-hybridized carbons (Fsp3) is 0.400. The second kappa shape index (κ2) is 4.97. The van der Waals surface area contributed by atoms with Crippen molar-refractivity contribution >= 4 is 21.7 Å². The van der Waals surface area contributed by atoms with Gasteiger partial charge < -0.3 is 4.90 Å². The van der Waals surface area contributed by atoms with Crippen LogP contribution in [0, 0.1) is 17.2 Å². The smallest absolute Gasteiger partial charge is 0.128 e. The largest absolute Gasteiger partial charge is 0.358 e. The van der Waals surface area contributed by atoms with Crippen molar-refractivity contribution in [1.29, 1.82) is 5.26 Å². The summed E-state index contributed by atoms with van der Waals surface area (Å²) in [6.07, 6.45) is 1.75. The summed E-state index contributed by atoms with van der Waals surface area (Å²) in [5.41, 5.74) is 0. The SMILES string of the molecule is CC(C#N)CN(C)c1ccc(Br)cn1. The van der Waals surface area contributed by atoms with Gasteiger partial charge in [0.15, 0.2) is 0 Å². The first-order chi connectivity index (χ1) is 6.63. The van der Waals surface area contributed by atoms with Crippen LogP contribution < -0.4 is 4.90 Å². The molecule has 1 heterocycles. The summed E-state index contributed by atoms with van der Waals surface area (Å²) in [6, 6.07) is 6.06. The summed E-state index contributed by atoms with van der Waals surface area (Å²) in [5, 5.41) is 8.67. The summed E-state index contributed by atoms with van der Waals surface area (Å²) in [4.78, 5) is 6.21. The summed E-state index contributed by atoms with van der Waals surface area (Å²) in [7, 11) is 1.93. The maximum atomic E-state index is 8.67. The van der Waals surface area contributed by atoms with E-state index in [1.54, 1.807) is 6.20 Å². The first kappa shape index (κ1) is 11.0. The van der Waals surface area contributed by atoms with Crippen molar-refractivity contribution < 1.29 is 0 Å². The molecule has 0 N–H and O–H groups in total. The Labute approximate surface area is 92.5 Å². The average molecular weight is 254 g/mol. The molecule has 1 aromatic heterocycles. The van der Waals surface area contributed by atoms with Crippen LogP contribution in [0.1, 0.15) is 6.92 Å². The molecule has 0 saturated heterocycles.